The minimum Gasteiger partial charge on any atom is -0.383 e. The summed E-state index contributed by atoms with van der Waals surface area (Å²) in [5.74, 6) is 0. The van der Waals surface area contributed by atoms with Crippen LogP contribution >= 0.6 is 11.6 Å². The van der Waals surface area contributed by atoms with Gasteiger partial charge in [-0.1, -0.05) is 17.7 Å². The summed E-state index contributed by atoms with van der Waals surface area (Å²) in [5, 5.41) is 9.37. The van der Waals surface area contributed by atoms with Gasteiger partial charge in [-0.05, 0) is 24.6 Å². The molecule has 19 heavy (non-hydrogen) atoms. The molecule has 1 aromatic carbocycles. The van der Waals surface area contributed by atoms with E-state index in [1.54, 1.807) is 7.11 Å². The van der Waals surface area contributed by atoms with E-state index >= 15 is 0 Å². The van der Waals surface area contributed by atoms with Gasteiger partial charge in [0.25, 0.3) is 0 Å². The molecule has 0 aliphatic heterocycles. The first-order valence-electron chi connectivity index (χ1n) is 6.26. The first-order chi connectivity index (χ1) is 9.10. The van der Waals surface area contributed by atoms with Crippen LogP contribution in [0.5, 0.6) is 0 Å². The first-order valence-corrected chi connectivity index (χ1v) is 6.63. The van der Waals surface area contributed by atoms with Crippen LogP contribution in [-0.4, -0.2) is 26.8 Å². The zero-order chi connectivity index (χ0) is 14.3. The normalized spacial score (nSPS) is 11.9. The van der Waals surface area contributed by atoms with Crippen molar-refractivity contribution in [3.63, 3.8) is 0 Å². The highest BCUT2D eigenvalue weighted by atomic mass is 35.5. The molecule has 1 aromatic rings. The Morgan fingerprint density at radius 3 is 2.74 bits per heavy atom. The maximum Gasteiger partial charge on any atom is 0.0642 e. The van der Waals surface area contributed by atoms with Crippen LogP contribution in [0, 0.1) is 11.3 Å². The predicted octanol–water partition coefficient (Wildman–Crippen LogP) is 2.73. The number of rotatable bonds is 7. The van der Waals surface area contributed by atoms with Crippen LogP contribution in [0.4, 0.5) is 5.69 Å². The SMILES string of the molecule is COCCN(CCC#N)c1ccc([C@@H](C)N)cc1Cl. The zero-order valence-corrected chi connectivity index (χ0v) is 12.2. The van der Waals surface area contributed by atoms with Crippen molar-refractivity contribution in [1.29, 1.82) is 5.26 Å². The molecule has 0 saturated carbocycles. The highest BCUT2D eigenvalue weighted by Crippen LogP contribution is 2.28. The number of hydrogen-bond acceptors (Lipinski definition) is 4. The minimum atomic E-state index is -0.0434. The molecule has 0 amide bonds. The fourth-order valence-corrected chi connectivity index (χ4v) is 2.11. The van der Waals surface area contributed by atoms with Gasteiger partial charge in [-0.15, -0.1) is 0 Å². The van der Waals surface area contributed by atoms with Crippen molar-refractivity contribution in [3.8, 4) is 6.07 Å². The summed E-state index contributed by atoms with van der Waals surface area (Å²) in [4.78, 5) is 2.06. The summed E-state index contributed by atoms with van der Waals surface area (Å²) in [5.41, 5.74) is 7.75. The Bertz CT molecular complexity index is 443. The van der Waals surface area contributed by atoms with Crippen molar-refractivity contribution in [2.75, 3.05) is 31.7 Å². The average molecular weight is 282 g/mol. The lowest BCUT2D eigenvalue weighted by Gasteiger charge is -2.25. The van der Waals surface area contributed by atoms with Gasteiger partial charge in [0.2, 0.25) is 0 Å². The molecule has 1 atom stereocenters. The van der Waals surface area contributed by atoms with E-state index in [1.807, 2.05) is 25.1 Å². The highest BCUT2D eigenvalue weighted by molar-refractivity contribution is 6.33. The molecule has 5 heteroatoms. The molecule has 0 radical (unpaired) electrons. The topological polar surface area (TPSA) is 62.3 Å². The van der Waals surface area contributed by atoms with E-state index in [0.717, 1.165) is 11.3 Å². The molecule has 0 aromatic heterocycles. The van der Waals surface area contributed by atoms with Crippen molar-refractivity contribution in [3.05, 3.63) is 28.8 Å². The molecule has 0 spiro atoms. The number of nitriles is 1. The Hall–Kier alpha value is -1.28. The monoisotopic (exact) mass is 281 g/mol. The number of anilines is 1. The second-order valence-corrected chi connectivity index (χ2v) is 4.79. The second-order valence-electron chi connectivity index (χ2n) is 4.39. The van der Waals surface area contributed by atoms with Gasteiger partial charge in [0, 0.05) is 26.2 Å². The van der Waals surface area contributed by atoms with E-state index in [-0.39, 0.29) is 6.04 Å². The van der Waals surface area contributed by atoms with Gasteiger partial charge in [-0.25, -0.2) is 0 Å². The molecule has 0 saturated heterocycles. The van der Waals surface area contributed by atoms with Crippen molar-refractivity contribution in [1.82, 2.24) is 0 Å². The number of nitrogens with zero attached hydrogens (tertiary/aromatic N) is 2. The lowest BCUT2D eigenvalue weighted by Crippen LogP contribution is -2.28. The third kappa shape index (κ3) is 4.71. The molecule has 2 N–H and O–H groups in total. The maximum absolute atomic E-state index is 8.72. The van der Waals surface area contributed by atoms with E-state index in [4.69, 9.17) is 27.3 Å². The smallest absolute Gasteiger partial charge is 0.0642 e. The van der Waals surface area contributed by atoms with Crippen LogP contribution in [0.25, 0.3) is 0 Å². The molecule has 0 bridgehead atoms. The molecule has 4 nitrogen and oxygen atoms in total. The van der Waals surface area contributed by atoms with Crippen LogP contribution in [0.3, 0.4) is 0 Å². The number of benzene rings is 1. The van der Waals surface area contributed by atoms with Gasteiger partial charge in [0.05, 0.1) is 29.8 Å². The fraction of sp³-hybridized carbons (Fsp3) is 0.500. The Balaban J connectivity index is 2.91. The molecular formula is C14H20ClN3O. The summed E-state index contributed by atoms with van der Waals surface area (Å²) in [6, 6.07) is 7.91. The number of nitrogens with two attached hydrogens (primary N) is 1. The largest absolute Gasteiger partial charge is 0.383 e. The van der Waals surface area contributed by atoms with Crippen LogP contribution < -0.4 is 10.6 Å². The number of halogens is 1. The standard InChI is InChI=1S/C14H20ClN3O/c1-11(17)12-4-5-14(13(15)10-12)18(7-3-6-16)8-9-19-2/h4-5,10-11H,3,7-9,17H2,1-2H3/t11-/m1/s1. The Morgan fingerprint density at radius 2 is 2.21 bits per heavy atom. The van der Waals surface area contributed by atoms with Gasteiger partial charge < -0.3 is 15.4 Å². The Kier molecular flexibility index (Phi) is 6.65. The third-order valence-electron chi connectivity index (χ3n) is 2.90. The van der Waals surface area contributed by atoms with E-state index in [0.29, 0.717) is 31.1 Å². The summed E-state index contributed by atoms with van der Waals surface area (Å²) < 4.78 is 5.09. The van der Waals surface area contributed by atoms with Crippen molar-refractivity contribution in [2.24, 2.45) is 5.73 Å². The van der Waals surface area contributed by atoms with Crippen LogP contribution in [0.1, 0.15) is 24.9 Å². The van der Waals surface area contributed by atoms with Crippen molar-refractivity contribution >= 4 is 17.3 Å². The number of hydrogen-bond donors (Lipinski definition) is 1. The number of methoxy groups -OCH3 is 1. The second kappa shape index (κ2) is 8.00. The molecule has 0 fully saturated rings. The zero-order valence-electron chi connectivity index (χ0n) is 11.4. The maximum atomic E-state index is 8.72. The minimum absolute atomic E-state index is 0.0434. The van der Waals surface area contributed by atoms with Gasteiger partial charge >= 0.3 is 0 Å². The van der Waals surface area contributed by atoms with E-state index < -0.39 is 0 Å². The van der Waals surface area contributed by atoms with Crippen molar-refractivity contribution < 1.29 is 4.74 Å². The molecule has 104 valence electrons. The summed E-state index contributed by atoms with van der Waals surface area (Å²) in [6.45, 7) is 3.85. The lowest BCUT2D eigenvalue weighted by atomic mass is 10.1. The number of ether oxygens (including phenoxy) is 1. The van der Waals surface area contributed by atoms with Crippen molar-refractivity contribution in [2.45, 2.75) is 19.4 Å². The molecular weight excluding hydrogens is 262 g/mol. The molecule has 0 aliphatic rings. The van der Waals surface area contributed by atoms with E-state index in [9.17, 15) is 0 Å². The van der Waals surface area contributed by atoms with Gasteiger partial charge in [0.15, 0.2) is 0 Å². The molecule has 1 rings (SSSR count). The van der Waals surface area contributed by atoms with Crippen LogP contribution in [-0.2, 0) is 4.74 Å². The molecule has 0 heterocycles. The highest BCUT2D eigenvalue weighted by Gasteiger charge is 2.11. The van der Waals surface area contributed by atoms with Gasteiger partial charge in [-0.2, -0.15) is 5.26 Å². The molecule has 0 aliphatic carbocycles. The van der Waals surface area contributed by atoms with Crippen LogP contribution in [0.15, 0.2) is 18.2 Å². The Labute approximate surface area is 119 Å². The van der Waals surface area contributed by atoms with Gasteiger partial charge in [0.1, 0.15) is 0 Å². The van der Waals surface area contributed by atoms with Gasteiger partial charge in [-0.3, -0.25) is 0 Å². The summed E-state index contributed by atoms with van der Waals surface area (Å²) in [6.07, 6.45) is 0.453. The quantitative estimate of drug-likeness (QED) is 0.835. The Morgan fingerprint density at radius 1 is 1.47 bits per heavy atom. The fourth-order valence-electron chi connectivity index (χ4n) is 1.80. The third-order valence-corrected chi connectivity index (χ3v) is 3.20. The van der Waals surface area contributed by atoms with E-state index in [2.05, 4.69) is 11.0 Å². The summed E-state index contributed by atoms with van der Waals surface area (Å²) >= 11 is 6.31. The lowest BCUT2D eigenvalue weighted by molar-refractivity contribution is 0.205. The van der Waals surface area contributed by atoms with Crippen LogP contribution in [0.2, 0.25) is 5.02 Å². The first kappa shape index (κ1) is 15.8. The summed E-state index contributed by atoms with van der Waals surface area (Å²) in [7, 11) is 1.66. The predicted molar refractivity (Wildman–Crippen MR) is 78.4 cm³/mol. The average Bonchev–Trinajstić information content (AvgIpc) is 2.39. The molecule has 0 unspecified atom stereocenters. The van der Waals surface area contributed by atoms with E-state index in [1.165, 1.54) is 0 Å².